The fourth-order valence-electron chi connectivity index (χ4n) is 2.98. The number of piperidine rings is 1. The topological polar surface area (TPSA) is 101 Å². The Balaban J connectivity index is 1.39. The van der Waals surface area contributed by atoms with Crippen molar-refractivity contribution in [2.45, 2.75) is 25.8 Å². The van der Waals surface area contributed by atoms with Crippen molar-refractivity contribution in [3.8, 4) is 0 Å². The molecule has 0 aliphatic carbocycles. The molecule has 4 rings (SSSR count). The molecule has 25 heavy (non-hydrogen) atoms. The van der Waals surface area contributed by atoms with E-state index < -0.39 is 0 Å². The Morgan fingerprint density at radius 1 is 1.20 bits per heavy atom. The van der Waals surface area contributed by atoms with Crippen molar-refractivity contribution in [1.82, 2.24) is 35.1 Å². The smallest absolute Gasteiger partial charge is 0.271 e. The van der Waals surface area contributed by atoms with Crippen molar-refractivity contribution in [3.63, 3.8) is 0 Å². The maximum atomic E-state index is 12.2. The summed E-state index contributed by atoms with van der Waals surface area (Å²) in [6.45, 7) is 3.53. The van der Waals surface area contributed by atoms with E-state index in [1.165, 1.54) is 12.4 Å². The fourth-order valence-corrected chi connectivity index (χ4v) is 2.98. The van der Waals surface area contributed by atoms with Gasteiger partial charge in [-0.05, 0) is 31.9 Å². The van der Waals surface area contributed by atoms with E-state index in [0.29, 0.717) is 5.69 Å². The lowest BCUT2D eigenvalue weighted by Gasteiger charge is -2.32. The largest absolute Gasteiger partial charge is 0.355 e. The van der Waals surface area contributed by atoms with Crippen LogP contribution in [-0.2, 0) is 0 Å². The number of hydrogen-bond acceptors (Lipinski definition) is 7. The summed E-state index contributed by atoms with van der Waals surface area (Å²) in [6, 6.07) is 4.01. The Hall–Kier alpha value is -3.10. The number of rotatable bonds is 3. The second kappa shape index (κ2) is 6.42. The van der Waals surface area contributed by atoms with Crippen LogP contribution in [0.25, 0.3) is 5.65 Å². The molecule has 1 N–H and O–H groups in total. The van der Waals surface area contributed by atoms with Gasteiger partial charge in [0.15, 0.2) is 11.5 Å². The van der Waals surface area contributed by atoms with Crippen LogP contribution in [0.1, 0.15) is 29.2 Å². The molecule has 0 spiro atoms. The average molecular weight is 338 g/mol. The minimum atomic E-state index is -0.175. The van der Waals surface area contributed by atoms with Crippen LogP contribution in [0.4, 0.5) is 5.82 Å². The zero-order valence-electron chi connectivity index (χ0n) is 13.8. The molecule has 4 heterocycles. The Kier molecular flexibility index (Phi) is 3.96. The summed E-state index contributed by atoms with van der Waals surface area (Å²) in [4.78, 5) is 22.3. The quantitative estimate of drug-likeness (QED) is 0.747. The number of nitrogens with one attached hydrogen (secondary N) is 1. The summed E-state index contributed by atoms with van der Waals surface area (Å²) in [5, 5.41) is 15.7. The van der Waals surface area contributed by atoms with Crippen LogP contribution in [-0.4, -0.2) is 54.8 Å². The zero-order valence-corrected chi connectivity index (χ0v) is 13.8. The minimum absolute atomic E-state index is 0.131. The molecular weight excluding hydrogens is 320 g/mol. The van der Waals surface area contributed by atoms with Gasteiger partial charge in [-0.3, -0.25) is 9.78 Å². The van der Waals surface area contributed by atoms with Gasteiger partial charge >= 0.3 is 0 Å². The summed E-state index contributed by atoms with van der Waals surface area (Å²) in [5.41, 5.74) is 1.09. The van der Waals surface area contributed by atoms with Gasteiger partial charge < -0.3 is 10.2 Å². The first-order valence-electron chi connectivity index (χ1n) is 8.21. The van der Waals surface area contributed by atoms with E-state index in [0.717, 1.165) is 43.2 Å². The maximum absolute atomic E-state index is 12.2. The summed E-state index contributed by atoms with van der Waals surface area (Å²) in [6.07, 6.45) is 6.26. The molecule has 1 fully saturated rings. The molecular formula is C16H18N8O. The Morgan fingerprint density at radius 2 is 2.04 bits per heavy atom. The van der Waals surface area contributed by atoms with Gasteiger partial charge in [0.25, 0.3) is 5.91 Å². The number of nitrogens with zero attached hydrogens (tertiary/aromatic N) is 7. The second-order valence-corrected chi connectivity index (χ2v) is 6.03. The highest BCUT2D eigenvalue weighted by molar-refractivity contribution is 5.92. The molecule has 0 saturated carbocycles. The molecule has 0 bridgehead atoms. The number of hydrogen-bond donors (Lipinski definition) is 1. The van der Waals surface area contributed by atoms with Crippen molar-refractivity contribution in [2.24, 2.45) is 0 Å². The maximum Gasteiger partial charge on any atom is 0.271 e. The van der Waals surface area contributed by atoms with Crippen molar-refractivity contribution >= 4 is 17.4 Å². The van der Waals surface area contributed by atoms with Gasteiger partial charge in [-0.15, -0.1) is 15.3 Å². The monoisotopic (exact) mass is 338 g/mol. The summed E-state index contributed by atoms with van der Waals surface area (Å²) in [7, 11) is 0. The SMILES string of the molecule is Cc1nnc2ccc(N3CCC(NC(=O)c4cnccn4)CC3)nn12. The number of amides is 1. The summed E-state index contributed by atoms with van der Waals surface area (Å²) >= 11 is 0. The number of carbonyl (C=O) groups excluding carboxylic acids is 1. The molecule has 1 aliphatic heterocycles. The van der Waals surface area contributed by atoms with Crippen LogP contribution in [0, 0.1) is 6.92 Å². The third-order valence-electron chi connectivity index (χ3n) is 4.35. The molecule has 1 amide bonds. The fraction of sp³-hybridized carbons (Fsp3) is 0.375. The molecule has 0 aromatic carbocycles. The molecule has 0 unspecified atom stereocenters. The third kappa shape index (κ3) is 3.12. The third-order valence-corrected chi connectivity index (χ3v) is 4.35. The number of anilines is 1. The van der Waals surface area contributed by atoms with Crippen molar-refractivity contribution in [2.75, 3.05) is 18.0 Å². The van der Waals surface area contributed by atoms with Crippen LogP contribution in [0.2, 0.25) is 0 Å². The van der Waals surface area contributed by atoms with Crippen LogP contribution in [0.5, 0.6) is 0 Å². The molecule has 3 aromatic heterocycles. The molecule has 0 atom stereocenters. The van der Waals surface area contributed by atoms with Gasteiger partial charge in [-0.1, -0.05) is 0 Å². The second-order valence-electron chi connectivity index (χ2n) is 6.03. The first-order valence-corrected chi connectivity index (χ1v) is 8.21. The van der Waals surface area contributed by atoms with Gasteiger partial charge in [-0.2, -0.15) is 4.52 Å². The van der Waals surface area contributed by atoms with Gasteiger partial charge in [0, 0.05) is 31.5 Å². The Morgan fingerprint density at radius 3 is 2.80 bits per heavy atom. The number of carbonyl (C=O) groups is 1. The van der Waals surface area contributed by atoms with Crippen molar-refractivity contribution in [3.05, 3.63) is 42.2 Å². The van der Waals surface area contributed by atoms with E-state index in [-0.39, 0.29) is 11.9 Å². The Bertz CT molecular complexity index is 886. The van der Waals surface area contributed by atoms with Gasteiger partial charge in [0.05, 0.1) is 6.20 Å². The van der Waals surface area contributed by atoms with E-state index in [4.69, 9.17) is 0 Å². The van der Waals surface area contributed by atoms with E-state index in [1.807, 2.05) is 19.1 Å². The predicted molar refractivity (Wildman–Crippen MR) is 90.3 cm³/mol. The van der Waals surface area contributed by atoms with Crippen LogP contribution in [0.3, 0.4) is 0 Å². The molecule has 9 heteroatoms. The zero-order chi connectivity index (χ0) is 17.2. The molecule has 0 radical (unpaired) electrons. The molecule has 1 saturated heterocycles. The van der Waals surface area contributed by atoms with Crippen LogP contribution in [0.15, 0.2) is 30.7 Å². The molecule has 128 valence electrons. The van der Waals surface area contributed by atoms with E-state index >= 15 is 0 Å². The minimum Gasteiger partial charge on any atom is -0.355 e. The van der Waals surface area contributed by atoms with Gasteiger partial charge in [0.2, 0.25) is 0 Å². The van der Waals surface area contributed by atoms with E-state index in [1.54, 1.807) is 10.7 Å². The summed E-state index contributed by atoms with van der Waals surface area (Å²) in [5.74, 6) is 1.49. The average Bonchev–Trinajstić information content (AvgIpc) is 3.03. The first-order chi connectivity index (χ1) is 12.2. The van der Waals surface area contributed by atoms with E-state index in [9.17, 15) is 4.79 Å². The van der Waals surface area contributed by atoms with Crippen LogP contribution >= 0.6 is 0 Å². The van der Waals surface area contributed by atoms with Crippen LogP contribution < -0.4 is 10.2 Å². The number of aryl methyl sites for hydroxylation is 1. The van der Waals surface area contributed by atoms with Crippen molar-refractivity contribution < 1.29 is 4.79 Å². The van der Waals surface area contributed by atoms with Crippen molar-refractivity contribution in [1.29, 1.82) is 0 Å². The summed E-state index contributed by atoms with van der Waals surface area (Å²) < 4.78 is 1.75. The van der Waals surface area contributed by atoms with E-state index in [2.05, 4.69) is 35.5 Å². The highest BCUT2D eigenvalue weighted by atomic mass is 16.1. The normalized spacial score (nSPS) is 15.5. The van der Waals surface area contributed by atoms with Gasteiger partial charge in [-0.25, -0.2) is 4.98 Å². The molecule has 3 aromatic rings. The highest BCUT2D eigenvalue weighted by Gasteiger charge is 2.23. The lowest BCUT2D eigenvalue weighted by atomic mass is 10.0. The standard InChI is InChI=1S/C16H18N8O/c1-11-20-21-14-2-3-15(22-24(11)14)23-8-4-12(5-9-23)19-16(25)13-10-17-6-7-18-13/h2-3,6-7,10,12H,4-5,8-9H2,1H3,(H,19,25). The number of fused-ring (bicyclic) bond motifs is 1. The highest BCUT2D eigenvalue weighted by Crippen LogP contribution is 2.18. The molecule has 1 aliphatic rings. The Labute approximate surface area is 144 Å². The predicted octanol–water partition coefficient (Wildman–Crippen LogP) is 0.622. The lowest BCUT2D eigenvalue weighted by Crippen LogP contribution is -2.45. The van der Waals surface area contributed by atoms with Gasteiger partial charge in [0.1, 0.15) is 11.5 Å². The molecule has 9 nitrogen and oxygen atoms in total. The lowest BCUT2D eigenvalue weighted by molar-refractivity contribution is 0.0925. The first kappa shape index (κ1) is 15.4. The number of aromatic nitrogens is 6.